The highest BCUT2D eigenvalue weighted by Gasteiger charge is 2.60. The van der Waals surface area contributed by atoms with Crippen LogP contribution in [0.1, 0.15) is 20.3 Å². The maximum Gasteiger partial charge on any atom is 0.512 e. The molecule has 32 heavy (non-hydrogen) atoms. The maximum absolute atomic E-state index is 12.9. The molecule has 12 heteroatoms. The molecule has 0 bridgehead atoms. The van der Waals surface area contributed by atoms with Gasteiger partial charge in [0.1, 0.15) is 0 Å². The molecule has 4 aliphatic heterocycles. The van der Waals surface area contributed by atoms with Crippen molar-refractivity contribution >= 4 is 36.1 Å². The monoisotopic (exact) mass is 467 g/mol. The van der Waals surface area contributed by atoms with E-state index in [1.54, 1.807) is 6.92 Å². The van der Waals surface area contributed by atoms with Crippen molar-refractivity contribution in [3.05, 3.63) is 10.8 Å². The Labute approximate surface area is 190 Å². The molecule has 4 rings (SSSR count). The van der Waals surface area contributed by atoms with Gasteiger partial charge in [0.2, 0.25) is 17.7 Å². The number of thioether (sulfide) groups is 1. The van der Waals surface area contributed by atoms with Gasteiger partial charge in [0.05, 0.1) is 35.3 Å². The Hall–Kier alpha value is -2.31. The number of aliphatic hydroxyl groups excluding tert-OH is 1. The van der Waals surface area contributed by atoms with Gasteiger partial charge in [0.25, 0.3) is 0 Å². The molecular formula is C20H29N5O6S. The molecule has 176 valence electrons. The van der Waals surface area contributed by atoms with Crippen molar-refractivity contribution in [1.82, 2.24) is 20.0 Å². The molecule has 4 aliphatic rings. The van der Waals surface area contributed by atoms with Crippen LogP contribution in [-0.2, 0) is 14.3 Å². The minimum Gasteiger partial charge on any atom is -0.449 e. The Morgan fingerprint density at radius 1 is 1.31 bits per heavy atom. The highest BCUT2D eigenvalue weighted by Crippen LogP contribution is 2.52. The summed E-state index contributed by atoms with van der Waals surface area (Å²) in [5.41, 5.74) is 0. The number of hydrogen-bond acceptors (Lipinski definition) is 8. The Kier molecular flexibility index (Phi) is 6.37. The van der Waals surface area contributed by atoms with Crippen LogP contribution in [0.25, 0.3) is 0 Å². The van der Waals surface area contributed by atoms with E-state index < -0.39 is 18.2 Å². The molecule has 5 unspecified atom stereocenters. The number of nitrogens with one attached hydrogen (secondary N) is 2. The number of nitrogens with zero attached hydrogens (tertiary/aromatic N) is 3. The molecule has 0 saturated carbocycles. The molecular weight excluding hydrogens is 438 g/mol. The minimum atomic E-state index is -1.49. The smallest absolute Gasteiger partial charge is 0.449 e. The summed E-state index contributed by atoms with van der Waals surface area (Å²) in [5.74, 6) is -0.993. The van der Waals surface area contributed by atoms with E-state index in [1.165, 1.54) is 23.0 Å². The average Bonchev–Trinajstić information content (AvgIpc) is 3.30. The minimum absolute atomic E-state index is 0.0236. The first-order valence-electron chi connectivity index (χ1n) is 10.8. The standard InChI is InChI=1S/C20H29N5O6S/c1-10-15-14(11(2)26)18(28)25(15)19(31-20(29)30)16(10)32-12-7-13(22-8-12)17(27)24-5-3-23(9-21)4-6-24/h9-15,21-22,26H,3-8H2,1-2H3,(H,29,30)/t10?,11?,12?,13?,14?,15-/m0/s1. The molecule has 0 aromatic carbocycles. The fraction of sp³-hybridized carbons (Fsp3) is 0.700. The Morgan fingerprint density at radius 2 is 2.00 bits per heavy atom. The van der Waals surface area contributed by atoms with Crippen molar-refractivity contribution in [2.45, 2.75) is 43.7 Å². The zero-order valence-electron chi connectivity index (χ0n) is 18.1. The second-order valence-corrected chi connectivity index (χ2v) is 10.1. The van der Waals surface area contributed by atoms with Gasteiger partial charge >= 0.3 is 6.16 Å². The number of ether oxygens (including phenoxy) is 1. The summed E-state index contributed by atoms with van der Waals surface area (Å²) in [4.78, 5) is 42.4. The predicted molar refractivity (Wildman–Crippen MR) is 116 cm³/mol. The highest BCUT2D eigenvalue weighted by atomic mass is 32.2. The van der Waals surface area contributed by atoms with Crippen molar-refractivity contribution in [3.63, 3.8) is 0 Å². The van der Waals surface area contributed by atoms with Crippen molar-refractivity contribution in [2.24, 2.45) is 11.8 Å². The van der Waals surface area contributed by atoms with Crippen molar-refractivity contribution in [1.29, 1.82) is 5.41 Å². The lowest BCUT2D eigenvalue weighted by atomic mass is 9.79. The molecule has 6 atom stereocenters. The summed E-state index contributed by atoms with van der Waals surface area (Å²) in [7, 11) is 0. The summed E-state index contributed by atoms with van der Waals surface area (Å²) in [6.45, 7) is 6.52. The number of amides is 2. The maximum atomic E-state index is 12.9. The zero-order chi connectivity index (χ0) is 23.2. The molecule has 0 aliphatic carbocycles. The third kappa shape index (κ3) is 3.95. The van der Waals surface area contributed by atoms with Gasteiger partial charge in [-0.3, -0.25) is 19.9 Å². The van der Waals surface area contributed by atoms with E-state index in [2.05, 4.69) is 5.32 Å². The first-order valence-corrected chi connectivity index (χ1v) is 11.7. The number of carboxylic acid groups (broad SMARTS) is 1. The molecule has 3 saturated heterocycles. The van der Waals surface area contributed by atoms with Crippen LogP contribution >= 0.6 is 11.8 Å². The molecule has 0 spiro atoms. The van der Waals surface area contributed by atoms with Gasteiger partial charge in [-0.05, 0) is 13.3 Å². The number of rotatable bonds is 6. The normalized spacial score (nSPS) is 33.2. The summed E-state index contributed by atoms with van der Waals surface area (Å²) < 4.78 is 5.01. The number of β-lactam (4-membered cyclic amide) rings is 1. The molecule has 0 aromatic heterocycles. The van der Waals surface area contributed by atoms with Crippen molar-refractivity contribution in [2.75, 3.05) is 32.7 Å². The van der Waals surface area contributed by atoms with Crippen molar-refractivity contribution in [3.8, 4) is 0 Å². The first-order chi connectivity index (χ1) is 15.2. The lowest BCUT2D eigenvalue weighted by Gasteiger charge is -2.45. The molecule has 3 fully saturated rings. The van der Waals surface area contributed by atoms with Crippen LogP contribution in [-0.4, -0.2) is 105 Å². The van der Waals surface area contributed by atoms with E-state index in [9.17, 15) is 24.6 Å². The average molecular weight is 468 g/mol. The Bertz CT molecular complexity index is 842. The van der Waals surface area contributed by atoms with E-state index in [1.807, 2.05) is 16.7 Å². The summed E-state index contributed by atoms with van der Waals surface area (Å²) in [5, 5.41) is 29.8. The molecule has 11 nitrogen and oxygen atoms in total. The number of carbonyl (C=O) groups is 3. The van der Waals surface area contributed by atoms with Crippen LogP contribution in [0.4, 0.5) is 4.79 Å². The fourth-order valence-electron chi connectivity index (χ4n) is 5.05. The van der Waals surface area contributed by atoms with Crippen molar-refractivity contribution < 1.29 is 29.3 Å². The topological polar surface area (TPSA) is 146 Å². The number of carbonyl (C=O) groups excluding carboxylic acids is 2. The lowest BCUT2D eigenvalue weighted by Crippen LogP contribution is -2.63. The van der Waals surface area contributed by atoms with Crippen LogP contribution in [0.3, 0.4) is 0 Å². The van der Waals surface area contributed by atoms with E-state index >= 15 is 0 Å². The summed E-state index contributed by atoms with van der Waals surface area (Å²) >= 11 is 1.45. The Balaban J connectivity index is 1.42. The Morgan fingerprint density at radius 3 is 2.59 bits per heavy atom. The molecule has 4 N–H and O–H groups in total. The summed E-state index contributed by atoms with van der Waals surface area (Å²) in [6, 6.07) is -0.639. The van der Waals surface area contributed by atoms with Gasteiger partial charge < -0.3 is 30.1 Å². The second kappa shape index (κ2) is 8.91. The fourth-order valence-corrected chi connectivity index (χ4v) is 6.48. The van der Waals surface area contributed by atoms with Crippen LogP contribution < -0.4 is 5.32 Å². The second-order valence-electron chi connectivity index (χ2n) is 8.72. The van der Waals surface area contributed by atoms with E-state index in [-0.39, 0.29) is 40.9 Å². The van der Waals surface area contributed by atoms with E-state index in [0.717, 1.165) is 0 Å². The molecule has 2 amide bonds. The van der Waals surface area contributed by atoms with Gasteiger partial charge in [0, 0.05) is 43.9 Å². The highest BCUT2D eigenvalue weighted by molar-refractivity contribution is 8.03. The quantitative estimate of drug-likeness (QED) is 0.182. The van der Waals surface area contributed by atoms with Gasteiger partial charge in [-0.15, -0.1) is 11.8 Å². The van der Waals surface area contributed by atoms with Gasteiger partial charge in [-0.25, -0.2) is 4.79 Å². The van der Waals surface area contributed by atoms with Crippen LogP contribution in [0.15, 0.2) is 10.8 Å². The van der Waals surface area contributed by atoms with E-state index in [0.29, 0.717) is 44.0 Å². The SMILES string of the molecule is CC(O)C1C(=O)N2C(OC(=O)O)=C(SC3CNC(C(=O)N4CCN(C=N)CC4)C3)C(C)[C@@H]12. The molecule has 0 aromatic rings. The van der Waals surface area contributed by atoms with Crippen LogP contribution in [0.2, 0.25) is 0 Å². The number of fused-ring (bicyclic) bond motifs is 1. The lowest BCUT2D eigenvalue weighted by molar-refractivity contribution is -0.163. The largest absolute Gasteiger partial charge is 0.512 e. The number of piperazine rings is 1. The molecule has 4 heterocycles. The predicted octanol–water partition coefficient (Wildman–Crippen LogP) is -0.0774. The van der Waals surface area contributed by atoms with Gasteiger partial charge in [-0.2, -0.15) is 0 Å². The molecule has 0 radical (unpaired) electrons. The summed E-state index contributed by atoms with van der Waals surface area (Å²) in [6.07, 6.45) is -0.430. The number of aliphatic hydroxyl groups is 1. The van der Waals surface area contributed by atoms with Gasteiger partial charge in [-0.1, -0.05) is 6.92 Å². The van der Waals surface area contributed by atoms with E-state index in [4.69, 9.17) is 10.1 Å². The third-order valence-electron chi connectivity index (χ3n) is 6.74. The zero-order valence-corrected chi connectivity index (χ0v) is 18.9. The van der Waals surface area contributed by atoms with Crippen LogP contribution in [0.5, 0.6) is 0 Å². The first kappa shape index (κ1) is 22.9. The number of hydrogen-bond donors (Lipinski definition) is 4. The van der Waals surface area contributed by atoms with Crippen LogP contribution in [0, 0.1) is 17.2 Å². The van der Waals surface area contributed by atoms with Gasteiger partial charge in [0.15, 0.2) is 0 Å². The third-order valence-corrected chi connectivity index (χ3v) is 8.23.